The predicted octanol–water partition coefficient (Wildman–Crippen LogP) is 3.58. The van der Waals surface area contributed by atoms with Gasteiger partial charge in [0.25, 0.3) is 0 Å². The minimum atomic E-state index is -3.44. The first-order chi connectivity index (χ1) is 11.3. The molecule has 2 rings (SSSR count). The maximum absolute atomic E-state index is 12.3. The number of carbonyl (C=O) groups excluding carboxylic acids is 1. The fraction of sp³-hybridized carbons (Fsp3) is 0.278. The Morgan fingerprint density at radius 2 is 1.71 bits per heavy atom. The highest BCUT2D eigenvalue weighted by Crippen LogP contribution is 2.18. The van der Waals surface area contributed by atoms with Crippen LogP contribution < -0.4 is 0 Å². The van der Waals surface area contributed by atoms with Gasteiger partial charge in [0.2, 0.25) is 5.91 Å². The summed E-state index contributed by atoms with van der Waals surface area (Å²) in [6, 6.07) is 14.3. The van der Waals surface area contributed by atoms with Crippen molar-refractivity contribution in [1.29, 1.82) is 0 Å². The summed E-state index contributed by atoms with van der Waals surface area (Å²) in [4.78, 5) is 14.0. The fourth-order valence-electron chi connectivity index (χ4n) is 2.25. The molecule has 0 fully saturated rings. The summed E-state index contributed by atoms with van der Waals surface area (Å²) in [7, 11) is -1.76. The third-order valence-corrected chi connectivity index (χ3v) is 6.26. The van der Waals surface area contributed by atoms with Crippen LogP contribution in [0.5, 0.6) is 0 Å². The lowest BCUT2D eigenvalue weighted by Crippen LogP contribution is -2.28. The Labute approximate surface area is 151 Å². The van der Waals surface area contributed by atoms with Crippen molar-refractivity contribution in [3.63, 3.8) is 0 Å². The fourth-order valence-corrected chi connectivity index (χ4v) is 3.89. The minimum absolute atomic E-state index is 0.0306. The van der Waals surface area contributed by atoms with E-state index in [4.69, 9.17) is 0 Å². The van der Waals surface area contributed by atoms with Crippen LogP contribution in [0.4, 0.5) is 0 Å². The summed E-state index contributed by atoms with van der Waals surface area (Å²) in [5, 5.41) is 0. The Bertz CT molecular complexity index is 816. The number of sulfone groups is 1. The number of amides is 1. The number of rotatable bonds is 6. The van der Waals surface area contributed by atoms with Crippen LogP contribution in [0.15, 0.2) is 57.9 Å². The van der Waals surface area contributed by atoms with E-state index >= 15 is 0 Å². The third kappa shape index (κ3) is 4.92. The smallest absolute Gasteiger partial charge is 0.223 e. The molecule has 0 aliphatic carbocycles. The maximum atomic E-state index is 12.3. The quantitative estimate of drug-likeness (QED) is 0.732. The summed E-state index contributed by atoms with van der Waals surface area (Å²) in [6.45, 7) is 2.33. The lowest BCUT2D eigenvalue weighted by molar-refractivity contribution is -0.130. The van der Waals surface area contributed by atoms with E-state index in [0.717, 1.165) is 15.6 Å². The van der Waals surface area contributed by atoms with Gasteiger partial charge in [-0.25, -0.2) is 8.42 Å². The minimum Gasteiger partial charge on any atom is -0.341 e. The molecule has 0 atom stereocenters. The summed E-state index contributed by atoms with van der Waals surface area (Å²) >= 11 is 3.45. The van der Waals surface area contributed by atoms with Crippen molar-refractivity contribution < 1.29 is 13.2 Å². The molecule has 0 bridgehead atoms. The van der Waals surface area contributed by atoms with Gasteiger partial charge in [-0.3, -0.25) is 4.79 Å². The highest BCUT2D eigenvalue weighted by molar-refractivity contribution is 9.10. The molecule has 6 heteroatoms. The van der Waals surface area contributed by atoms with Crippen molar-refractivity contribution in [2.24, 2.45) is 0 Å². The Hall–Kier alpha value is -1.66. The van der Waals surface area contributed by atoms with Crippen LogP contribution >= 0.6 is 15.9 Å². The largest absolute Gasteiger partial charge is 0.341 e. The van der Waals surface area contributed by atoms with Gasteiger partial charge in [-0.15, -0.1) is 0 Å². The summed E-state index contributed by atoms with van der Waals surface area (Å²) < 4.78 is 25.5. The van der Waals surface area contributed by atoms with Crippen molar-refractivity contribution in [3.05, 3.63) is 64.1 Å². The molecule has 0 aliphatic heterocycles. The number of nitrogens with zero attached hydrogens (tertiary/aromatic N) is 1. The first kappa shape index (κ1) is 18.7. The predicted molar refractivity (Wildman–Crippen MR) is 98.5 cm³/mol. The maximum Gasteiger partial charge on any atom is 0.223 e. The van der Waals surface area contributed by atoms with Crippen LogP contribution in [0.3, 0.4) is 0 Å². The van der Waals surface area contributed by atoms with Crippen LogP contribution in [-0.4, -0.2) is 32.0 Å². The molecular formula is C18H20BrNO3S. The van der Waals surface area contributed by atoms with Crippen LogP contribution in [-0.2, 0) is 21.2 Å². The first-order valence-electron chi connectivity index (χ1n) is 7.56. The van der Waals surface area contributed by atoms with Gasteiger partial charge in [0.05, 0.1) is 10.6 Å². The molecule has 0 spiro atoms. The second-order valence-corrected chi connectivity index (χ2v) is 8.69. The number of benzene rings is 2. The first-order valence-corrected chi connectivity index (χ1v) is 10.0. The second-order valence-electron chi connectivity index (χ2n) is 5.72. The van der Waals surface area contributed by atoms with Crippen molar-refractivity contribution in [2.45, 2.75) is 24.8 Å². The second kappa shape index (κ2) is 7.94. The van der Waals surface area contributed by atoms with Crippen molar-refractivity contribution >= 4 is 31.7 Å². The molecule has 4 nitrogen and oxygen atoms in total. The van der Waals surface area contributed by atoms with Gasteiger partial charge in [0.15, 0.2) is 9.84 Å². The van der Waals surface area contributed by atoms with Crippen molar-refractivity contribution in [3.8, 4) is 0 Å². The van der Waals surface area contributed by atoms with E-state index in [1.54, 1.807) is 36.2 Å². The molecule has 1 amide bonds. The Balaban J connectivity index is 1.97. The standard InChI is InChI=1S/C18H20BrNO3S/c1-14-7-9-16(10-8-14)24(22,23)12-11-18(21)20(2)13-15-5-3-4-6-17(15)19/h3-10H,11-13H2,1-2H3. The molecule has 0 unspecified atom stereocenters. The SMILES string of the molecule is Cc1ccc(S(=O)(=O)CCC(=O)N(C)Cc2ccccc2Br)cc1. The van der Waals surface area contributed by atoms with E-state index < -0.39 is 9.84 Å². The highest BCUT2D eigenvalue weighted by Gasteiger charge is 2.18. The van der Waals surface area contributed by atoms with E-state index in [0.29, 0.717) is 6.54 Å². The normalized spacial score (nSPS) is 11.3. The highest BCUT2D eigenvalue weighted by atomic mass is 79.9. The van der Waals surface area contributed by atoms with Gasteiger partial charge in [-0.1, -0.05) is 51.8 Å². The molecule has 24 heavy (non-hydrogen) atoms. The summed E-state index contributed by atoms with van der Waals surface area (Å²) in [6.07, 6.45) is -0.0306. The molecule has 0 heterocycles. The lowest BCUT2D eigenvalue weighted by atomic mass is 10.2. The number of hydrogen-bond donors (Lipinski definition) is 0. The van der Waals surface area contributed by atoms with Crippen LogP contribution in [0.25, 0.3) is 0 Å². The van der Waals surface area contributed by atoms with E-state index in [1.165, 1.54) is 0 Å². The molecule has 0 aliphatic rings. The van der Waals surface area contributed by atoms with E-state index in [9.17, 15) is 13.2 Å². The molecular weight excluding hydrogens is 390 g/mol. The zero-order chi connectivity index (χ0) is 17.7. The Morgan fingerprint density at radius 3 is 2.33 bits per heavy atom. The monoisotopic (exact) mass is 409 g/mol. The molecule has 2 aromatic rings. The molecule has 128 valence electrons. The summed E-state index contributed by atoms with van der Waals surface area (Å²) in [5.41, 5.74) is 1.98. The number of aryl methyl sites for hydroxylation is 1. The molecule has 2 aromatic carbocycles. The van der Waals surface area contributed by atoms with Crippen molar-refractivity contribution in [2.75, 3.05) is 12.8 Å². The lowest BCUT2D eigenvalue weighted by Gasteiger charge is -2.18. The zero-order valence-corrected chi connectivity index (χ0v) is 16.1. The molecule has 0 N–H and O–H groups in total. The van der Waals surface area contributed by atoms with Gasteiger partial charge in [0.1, 0.15) is 0 Å². The zero-order valence-electron chi connectivity index (χ0n) is 13.7. The van der Waals surface area contributed by atoms with Gasteiger partial charge in [-0.2, -0.15) is 0 Å². The van der Waals surface area contributed by atoms with Crippen LogP contribution in [0.1, 0.15) is 17.5 Å². The Kier molecular flexibility index (Phi) is 6.18. The van der Waals surface area contributed by atoms with Gasteiger partial charge < -0.3 is 4.90 Å². The van der Waals surface area contributed by atoms with Gasteiger partial charge >= 0.3 is 0 Å². The van der Waals surface area contributed by atoms with E-state index in [-0.39, 0.29) is 23.0 Å². The molecule has 0 saturated carbocycles. The van der Waals surface area contributed by atoms with E-state index in [2.05, 4.69) is 15.9 Å². The third-order valence-electron chi connectivity index (χ3n) is 3.76. The summed E-state index contributed by atoms with van der Waals surface area (Å²) in [5.74, 6) is -0.378. The van der Waals surface area contributed by atoms with Crippen LogP contribution in [0.2, 0.25) is 0 Å². The number of halogens is 1. The average Bonchev–Trinajstić information content (AvgIpc) is 2.55. The topological polar surface area (TPSA) is 54.5 Å². The van der Waals surface area contributed by atoms with Gasteiger partial charge in [-0.05, 0) is 30.7 Å². The number of hydrogen-bond acceptors (Lipinski definition) is 3. The molecule has 0 saturated heterocycles. The van der Waals surface area contributed by atoms with E-state index in [1.807, 2.05) is 31.2 Å². The molecule has 0 aromatic heterocycles. The van der Waals surface area contributed by atoms with Crippen LogP contribution in [0, 0.1) is 6.92 Å². The average molecular weight is 410 g/mol. The molecule has 0 radical (unpaired) electrons. The van der Waals surface area contributed by atoms with Gasteiger partial charge in [0, 0.05) is 24.5 Å². The number of carbonyl (C=O) groups is 1. The Morgan fingerprint density at radius 1 is 1.08 bits per heavy atom. The van der Waals surface area contributed by atoms with Crippen molar-refractivity contribution in [1.82, 2.24) is 4.90 Å².